The van der Waals surface area contributed by atoms with E-state index in [1.165, 1.54) is 20.1 Å². The highest BCUT2D eigenvalue weighted by molar-refractivity contribution is 6.26. The number of ketones is 3. The molecule has 3 unspecified atom stereocenters. The van der Waals surface area contributed by atoms with E-state index < -0.39 is 35.5 Å². The first kappa shape index (κ1) is 23.3. The Morgan fingerprint density at radius 2 is 1.93 bits per heavy atom. The Kier molecular flexibility index (Phi) is 7.74. The van der Waals surface area contributed by atoms with E-state index >= 15 is 0 Å². The average molecular weight is 409 g/mol. The summed E-state index contributed by atoms with van der Waals surface area (Å²) < 4.78 is 33.3. The smallest absolute Gasteiger partial charge is 0.289 e. The van der Waals surface area contributed by atoms with Crippen molar-refractivity contribution in [1.82, 2.24) is 4.98 Å². The molecule has 160 valence electrons. The highest BCUT2D eigenvalue weighted by atomic mass is 19.3. The third-order valence-electron chi connectivity index (χ3n) is 5.67. The van der Waals surface area contributed by atoms with E-state index in [1.807, 2.05) is 6.92 Å². The van der Waals surface area contributed by atoms with E-state index in [0.717, 1.165) is 6.07 Å². The molecule has 1 aromatic heterocycles. The topological polar surface area (TPSA) is 73.3 Å². The highest BCUT2D eigenvalue weighted by Gasteiger charge is 2.45. The van der Waals surface area contributed by atoms with E-state index in [1.54, 1.807) is 6.92 Å². The molecule has 5 nitrogen and oxygen atoms in total. The molecule has 1 aliphatic carbocycles. The second-order valence-corrected chi connectivity index (χ2v) is 7.69. The summed E-state index contributed by atoms with van der Waals surface area (Å²) in [6, 6.07) is 2.41. The number of aromatic nitrogens is 1. The number of rotatable bonds is 9. The highest BCUT2D eigenvalue weighted by Crippen LogP contribution is 2.34. The second kappa shape index (κ2) is 9.65. The molecule has 1 saturated carbocycles. The van der Waals surface area contributed by atoms with Crippen molar-refractivity contribution in [2.24, 2.45) is 17.8 Å². The molecule has 0 radical (unpaired) electrons. The van der Waals surface area contributed by atoms with E-state index in [-0.39, 0.29) is 35.3 Å². The fraction of sp³-hybridized carbons (Fsp3) is 0.636. The number of ether oxygens (including phenoxy) is 1. The van der Waals surface area contributed by atoms with Crippen LogP contribution >= 0.6 is 0 Å². The van der Waals surface area contributed by atoms with E-state index in [2.05, 4.69) is 4.98 Å². The lowest BCUT2D eigenvalue weighted by Gasteiger charge is -2.30. The summed E-state index contributed by atoms with van der Waals surface area (Å²) in [5.41, 5.74) is -0.151. The molecule has 0 N–H and O–H groups in total. The number of pyridine rings is 1. The van der Waals surface area contributed by atoms with Crippen LogP contribution in [0.3, 0.4) is 0 Å². The van der Waals surface area contributed by atoms with Crippen molar-refractivity contribution in [3.8, 4) is 0 Å². The number of hydrogen-bond donors (Lipinski definition) is 0. The first-order valence-corrected chi connectivity index (χ1v) is 10.2. The molecule has 1 aromatic rings. The second-order valence-electron chi connectivity index (χ2n) is 7.69. The molecular formula is C22H29F2NO4. The van der Waals surface area contributed by atoms with Gasteiger partial charge in [-0.15, -0.1) is 0 Å². The summed E-state index contributed by atoms with van der Waals surface area (Å²) in [7, 11) is 1.52. The zero-order chi connectivity index (χ0) is 21.8. The summed E-state index contributed by atoms with van der Waals surface area (Å²) in [4.78, 5) is 42.7. The van der Waals surface area contributed by atoms with Crippen LogP contribution < -0.4 is 0 Å². The molecule has 0 aromatic carbocycles. The minimum atomic E-state index is -3.12. The number of hydrogen-bond acceptors (Lipinski definition) is 5. The number of aryl methyl sites for hydroxylation is 1. The van der Waals surface area contributed by atoms with Crippen LogP contribution in [0.5, 0.6) is 0 Å². The number of methoxy groups -OCH3 is 1. The zero-order valence-electron chi connectivity index (χ0n) is 17.5. The number of carbonyl (C=O) groups excluding carboxylic acids is 3. The molecular weight excluding hydrogens is 380 g/mol. The first-order valence-electron chi connectivity index (χ1n) is 10.2. The van der Waals surface area contributed by atoms with Gasteiger partial charge in [-0.2, -0.15) is 8.78 Å². The van der Waals surface area contributed by atoms with Crippen molar-refractivity contribution in [3.63, 3.8) is 0 Å². The predicted molar refractivity (Wildman–Crippen MR) is 104 cm³/mol. The van der Waals surface area contributed by atoms with Gasteiger partial charge in [0.25, 0.3) is 5.92 Å². The molecule has 0 spiro atoms. The average Bonchev–Trinajstić information content (AvgIpc) is 2.70. The number of halogens is 2. The van der Waals surface area contributed by atoms with Gasteiger partial charge in [0.15, 0.2) is 17.3 Å². The molecule has 1 aliphatic rings. The number of Topliss-reactive ketones (excluding diaryl/α,β-unsaturated/α-hetero) is 3. The van der Waals surface area contributed by atoms with Crippen LogP contribution in [0.25, 0.3) is 0 Å². The molecule has 2 rings (SSSR count). The Morgan fingerprint density at radius 3 is 2.52 bits per heavy atom. The van der Waals surface area contributed by atoms with Crippen molar-refractivity contribution in [2.75, 3.05) is 13.7 Å². The SMILES string of the molecule is CCC1CC(C)C(=O)C(C(=O)c2ccc(C(F)(F)CC)nc2CCCOC)C1=O. The minimum absolute atomic E-state index is 0.0763. The number of carbonyl (C=O) groups is 3. The van der Waals surface area contributed by atoms with Crippen molar-refractivity contribution in [1.29, 1.82) is 0 Å². The van der Waals surface area contributed by atoms with Gasteiger partial charge in [0.1, 0.15) is 11.6 Å². The Hall–Kier alpha value is -2.02. The third kappa shape index (κ3) is 4.94. The number of nitrogens with zero attached hydrogens (tertiary/aromatic N) is 1. The Balaban J connectivity index is 2.46. The van der Waals surface area contributed by atoms with Crippen molar-refractivity contribution in [3.05, 3.63) is 29.1 Å². The van der Waals surface area contributed by atoms with Crippen LogP contribution in [0, 0.1) is 17.8 Å². The van der Waals surface area contributed by atoms with Gasteiger partial charge in [-0.05, 0) is 37.8 Å². The van der Waals surface area contributed by atoms with Crippen LogP contribution in [-0.4, -0.2) is 36.1 Å². The minimum Gasteiger partial charge on any atom is -0.385 e. The first-order chi connectivity index (χ1) is 13.7. The normalized spacial score (nSPS) is 22.8. The summed E-state index contributed by atoms with van der Waals surface area (Å²) in [6.07, 6.45) is 1.30. The standard InChI is InChI=1S/C22H29F2NO4/c1-5-14-12-13(3)19(26)18(20(14)27)21(28)15-9-10-17(22(23,24)6-2)25-16(15)8-7-11-29-4/h9-10,13-14,18H,5-8,11-12H2,1-4H3. The zero-order valence-corrected chi connectivity index (χ0v) is 17.5. The third-order valence-corrected chi connectivity index (χ3v) is 5.67. The van der Waals surface area contributed by atoms with Gasteiger partial charge in [-0.25, -0.2) is 0 Å². The van der Waals surface area contributed by atoms with Gasteiger partial charge in [0, 0.05) is 37.5 Å². The van der Waals surface area contributed by atoms with Crippen LogP contribution in [0.2, 0.25) is 0 Å². The van der Waals surface area contributed by atoms with Gasteiger partial charge in [0.2, 0.25) is 0 Å². The quantitative estimate of drug-likeness (QED) is 0.348. The largest absolute Gasteiger partial charge is 0.385 e. The summed E-state index contributed by atoms with van der Waals surface area (Å²) in [5, 5.41) is 0. The maximum absolute atomic E-state index is 14.1. The van der Waals surface area contributed by atoms with Crippen molar-refractivity contribution >= 4 is 17.3 Å². The van der Waals surface area contributed by atoms with Crippen LogP contribution in [0.1, 0.15) is 68.2 Å². The molecule has 1 fully saturated rings. The van der Waals surface area contributed by atoms with Crippen LogP contribution in [0.4, 0.5) is 8.78 Å². The molecule has 0 aliphatic heterocycles. The summed E-state index contributed by atoms with van der Waals surface area (Å²) in [5.74, 6) is -6.61. The van der Waals surface area contributed by atoms with Gasteiger partial charge >= 0.3 is 0 Å². The van der Waals surface area contributed by atoms with Crippen LogP contribution in [-0.2, 0) is 26.7 Å². The monoisotopic (exact) mass is 409 g/mol. The lowest BCUT2D eigenvalue weighted by molar-refractivity contribution is -0.139. The van der Waals surface area contributed by atoms with Gasteiger partial charge in [0.05, 0.1) is 5.69 Å². The van der Waals surface area contributed by atoms with Crippen molar-refractivity contribution < 1.29 is 27.9 Å². The predicted octanol–water partition coefficient (Wildman–Crippen LogP) is 4.17. The Morgan fingerprint density at radius 1 is 1.24 bits per heavy atom. The molecule has 29 heavy (non-hydrogen) atoms. The molecule has 0 amide bonds. The van der Waals surface area contributed by atoms with E-state index in [4.69, 9.17) is 4.74 Å². The lowest BCUT2D eigenvalue weighted by atomic mass is 9.70. The fourth-order valence-corrected chi connectivity index (χ4v) is 3.79. The summed E-state index contributed by atoms with van der Waals surface area (Å²) in [6.45, 7) is 5.31. The molecule has 3 atom stereocenters. The molecule has 0 saturated heterocycles. The van der Waals surface area contributed by atoms with Gasteiger partial charge in [-0.1, -0.05) is 20.8 Å². The van der Waals surface area contributed by atoms with Crippen LogP contribution in [0.15, 0.2) is 12.1 Å². The maximum Gasteiger partial charge on any atom is 0.289 e. The van der Waals surface area contributed by atoms with Crippen molar-refractivity contribution in [2.45, 2.75) is 58.8 Å². The summed E-state index contributed by atoms with van der Waals surface area (Å²) >= 11 is 0. The Bertz CT molecular complexity index is 778. The molecule has 1 heterocycles. The maximum atomic E-state index is 14.1. The molecule has 7 heteroatoms. The lowest BCUT2D eigenvalue weighted by Crippen LogP contribution is -2.44. The van der Waals surface area contributed by atoms with Gasteiger partial charge in [-0.3, -0.25) is 19.4 Å². The number of alkyl halides is 2. The fourth-order valence-electron chi connectivity index (χ4n) is 3.79. The Labute approximate surface area is 170 Å². The van der Waals surface area contributed by atoms with Gasteiger partial charge < -0.3 is 4.74 Å². The van der Waals surface area contributed by atoms with E-state index in [0.29, 0.717) is 25.9 Å². The molecule has 0 bridgehead atoms. The van der Waals surface area contributed by atoms with E-state index in [9.17, 15) is 23.2 Å².